The zero-order valence-electron chi connectivity index (χ0n) is 16.1. The molecule has 10 nitrogen and oxygen atoms in total. The van der Waals surface area contributed by atoms with E-state index < -0.39 is 47.8 Å². The van der Waals surface area contributed by atoms with Crippen LogP contribution in [0.3, 0.4) is 0 Å². The van der Waals surface area contributed by atoms with Crippen LogP contribution in [-0.4, -0.2) is 72.9 Å². The van der Waals surface area contributed by atoms with E-state index in [1.54, 1.807) is 0 Å². The summed E-state index contributed by atoms with van der Waals surface area (Å²) in [5.74, 6) is -2.19. The summed E-state index contributed by atoms with van der Waals surface area (Å²) in [7, 11) is -8.93. The van der Waals surface area contributed by atoms with Crippen molar-refractivity contribution in [1.29, 1.82) is 0 Å². The van der Waals surface area contributed by atoms with Gasteiger partial charge in [0.25, 0.3) is 0 Å². The molecule has 13 heteroatoms. The maximum atomic E-state index is 13.2. The van der Waals surface area contributed by atoms with Gasteiger partial charge in [-0.25, -0.2) is 29.6 Å². The number of methoxy groups -OCH3 is 1. The molecule has 0 saturated carbocycles. The molecule has 2 saturated heterocycles. The Morgan fingerprint density at radius 2 is 1.83 bits per heavy atom. The Bertz CT molecular complexity index is 1160. The second kappa shape index (κ2) is 7.22. The highest BCUT2D eigenvalue weighted by atomic mass is 32.2. The van der Waals surface area contributed by atoms with Crippen molar-refractivity contribution in [2.75, 3.05) is 35.7 Å². The SMILES string of the molecule is COc1ccc(N2C(=O)C(C)CS2(=O)=O)cc1S(=O)(=O)N(C)C1CCS(=O)(=O)C1. The van der Waals surface area contributed by atoms with Crippen molar-refractivity contribution in [3.8, 4) is 5.75 Å². The van der Waals surface area contributed by atoms with E-state index in [1.807, 2.05) is 0 Å². The van der Waals surface area contributed by atoms with E-state index >= 15 is 0 Å². The number of amides is 1. The van der Waals surface area contributed by atoms with E-state index in [-0.39, 0.29) is 40.0 Å². The molecule has 0 N–H and O–H groups in total. The Labute approximate surface area is 170 Å². The van der Waals surface area contributed by atoms with Gasteiger partial charge in [-0.05, 0) is 24.6 Å². The number of ether oxygens (including phenoxy) is 1. The number of carbonyl (C=O) groups excluding carboxylic acids is 1. The lowest BCUT2D eigenvalue weighted by Crippen LogP contribution is -2.38. The number of hydrogen-bond donors (Lipinski definition) is 0. The van der Waals surface area contributed by atoms with Crippen molar-refractivity contribution in [3.05, 3.63) is 18.2 Å². The molecule has 2 fully saturated rings. The Kier molecular flexibility index (Phi) is 5.47. The molecule has 0 radical (unpaired) electrons. The molecule has 0 bridgehead atoms. The number of anilines is 1. The molecule has 1 aromatic rings. The summed E-state index contributed by atoms with van der Waals surface area (Å²) >= 11 is 0. The molecule has 2 unspecified atom stereocenters. The van der Waals surface area contributed by atoms with Crippen molar-refractivity contribution in [2.24, 2.45) is 5.92 Å². The first-order chi connectivity index (χ1) is 13.3. The van der Waals surface area contributed by atoms with Crippen LogP contribution >= 0.6 is 0 Å². The second-order valence-corrected chi connectivity index (χ2v) is 13.3. The highest BCUT2D eigenvalue weighted by Gasteiger charge is 2.43. The molecular formula is C16H22N2O8S3. The van der Waals surface area contributed by atoms with Crippen LogP contribution in [0.1, 0.15) is 13.3 Å². The topological polar surface area (TPSA) is 135 Å². The van der Waals surface area contributed by atoms with Crippen molar-refractivity contribution in [1.82, 2.24) is 4.31 Å². The lowest BCUT2D eigenvalue weighted by molar-refractivity contribution is -0.119. The van der Waals surface area contributed by atoms with Crippen LogP contribution in [0.4, 0.5) is 5.69 Å². The van der Waals surface area contributed by atoms with E-state index in [0.717, 1.165) is 10.4 Å². The second-order valence-electron chi connectivity index (χ2n) is 7.20. The maximum absolute atomic E-state index is 13.2. The number of benzene rings is 1. The van der Waals surface area contributed by atoms with Gasteiger partial charge in [-0.1, -0.05) is 6.92 Å². The van der Waals surface area contributed by atoms with Gasteiger partial charge in [-0.3, -0.25) is 4.79 Å². The summed E-state index contributed by atoms with van der Waals surface area (Å²) in [5, 5.41) is 0. The smallest absolute Gasteiger partial charge is 0.246 e. The molecule has 0 aromatic heterocycles. The monoisotopic (exact) mass is 466 g/mol. The van der Waals surface area contributed by atoms with Gasteiger partial charge in [0.05, 0.1) is 36.0 Å². The molecule has 0 aliphatic carbocycles. The minimum Gasteiger partial charge on any atom is -0.495 e. The number of sulfonamides is 2. The fraction of sp³-hybridized carbons (Fsp3) is 0.562. The lowest BCUT2D eigenvalue weighted by atomic mass is 10.2. The van der Waals surface area contributed by atoms with Gasteiger partial charge in [0.2, 0.25) is 26.0 Å². The third-order valence-corrected chi connectivity index (χ3v) is 10.7. The Morgan fingerprint density at radius 1 is 1.17 bits per heavy atom. The van der Waals surface area contributed by atoms with E-state index in [2.05, 4.69) is 0 Å². The third-order valence-electron chi connectivity index (χ3n) is 5.12. The largest absolute Gasteiger partial charge is 0.495 e. The number of carbonyl (C=O) groups is 1. The highest BCUT2D eigenvalue weighted by molar-refractivity contribution is 7.94. The van der Waals surface area contributed by atoms with Crippen LogP contribution in [0.5, 0.6) is 5.75 Å². The predicted molar refractivity (Wildman–Crippen MR) is 105 cm³/mol. The summed E-state index contributed by atoms with van der Waals surface area (Å²) in [5.41, 5.74) is -0.105. The number of nitrogens with zero attached hydrogens (tertiary/aromatic N) is 2. The van der Waals surface area contributed by atoms with E-state index in [0.29, 0.717) is 4.31 Å². The van der Waals surface area contributed by atoms with Gasteiger partial charge in [0.1, 0.15) is 10.6 Å². The molecule has 162 valence electrons. The third kappa shape index (κ3) is 3.88. The summed E-state index contributed by atoms with van der Waals surface area (Å²) in [6.45, 7) is 1.48. The first-order valence-corrected chi connectivity index (χ1v) is 13.6. The average Bonchev–Trinajstić information content (AvgIpc) is 3.09. The van der Waals surface area contributed by atoms with Crippen LogP contribution in [-0.2, 0) is 34.7 Å². The molecule has 2 aliphatic heterocycles. The normalized spacial score (nSPS) is 26.2. The van der Waals surface area contributed by atoms with Crippen LogP contribution in [0.25, 0.3) is 0 Å². The van der Waals surface area contributed by atoms with Crippen molar-refractivity contribution in [3.63, 3.8) is 0 Å². The van der Waals surface area contributed by atoms with Crippen LogP contribution < -0.4 is 9.04 Å². The molecule has 3 rings (SSSR count). The Morgan fingerprint density at radius 3 is 2.31 bits per heavy atom. The van der Waals surface area contributed by atoms with E-state index in [9.17, 15) is 30.0 Å². The maximum Gasteiger partial charge on any atom is 0.246 e. The van der Waals surface area contributed by atoms with Crippen LogP contribution in [0.15, 0.2) is 23.1 Å². The molecular weight excluding hydrogens is 444 g/mol. The summed E-state index contributed by atoms with van der Waals surface area (Å²) in [6, 6.07) is 2.90. The average molecular weight is 467 g/mol. The van der Waals surface area contributed by atoms with Gasteiger partial charge in [-0.2, -0.15) is 4.31 Å². The molecule has 1 amide bonds. The molecule has 2 heterocycles. The fourth-order valence-electron chi connectivity index (χ4n) is 3.49. The van der Waals surface area contributed by atoms with Crippen LogP contribution in [0, 0.1) is 5.92 Å². The minimum absolute atomic E-state index is 0.0430. The van der Waals surface area contributed by atoms with Gasteiger partial charge >= 0.3 is 0 Å². The summed E-state index contributed by atoms with van der Waals surface area (Å²) in [6.07, 6.45) is 0.163. The minimum atomic E-state index is -4.22. The van der Waals surface area contributed by atoms with E-state index in [4.69, 9.17) is 4.74 Å². The van der Waals surface area contributed by atoms with Crippen LogP contribution in [0.2, 0.25) is 0 Å². The first kappa shape index (κ1) is 22.0. The summed E-state index contributed by atoms with van der Waals surface area (Å²) in [4.78, 5) is 12.0. The van der Waals surface area contributed by atoms with Gasteiger partial charge in [0, 0.05) is 13.1 Å². The van der Waals surface area contributed by atoms with E-state index in [1.165, 1.54) is 33.2 Å². The molecule has 1 aromatic carbocycles. The fourth-order valence-corrected chi connectivity index (χ4v) is 8.73. The predicted octanol–water partition coefficient (Wildman–Crippen LogP) is -0.185. The molecule has 2 atom stereocenters. The zero-order valence-corrected chi connectivity index (χ0v) is 18.5. The van der Waals surface area contributed by atoms with Crippen molar-refractivity contribution < 1.29 is 34.8 Å². The molecule has 0 spiro atoms. The van der Waals surface area contributed by atoms with Gasteiger partial charge in [-0.15, -0.1) is 0 Å². The number of sulfone groups is 1. The summed E-state index contributed by atoms with van der Waals surface area (Å²) < 4.78 is 81.3. The lowest BCUT2D eigenvalue weighted by Gasteiger charge is -2.25. The molecule has 29 heavy (non-hydrogen) atoms. The Hall–Kier alpha value is -1.70. The quantitative estimate of drug-likeness (QED) is 0.583. The van der Waals surface area contributed by atoms with Gasteiger partial charge in [0.15, 0.2) is 9.84 Å². The Balaban J connectivity index is 2.07. The highest BCUT2D eigenvalue weighted by Crippen LogP contribution is 2.36. The van der Waals surface area contributed by atoms with Gasteiger partial charge < -0.3 is 4.74 Å². The number of rotatable bonds is 5. The standard InChI is InChI=1S/C16H22N2O8S3/c1-11-9-28(22,23)18(16(11)19)12-4-5-14(26-3)15(8-12)29(24,25)17(2)13-6-7-27(20,21)10-13/h4-5,8,11,13H,6-7,9-10H2,1-3H3. The molecule has 2 aliphatic rings. The van der Waals surface area contributed by atoms with Crippen molar-refractivity contribution >= 4 is 41.5 Å². The van der Waals surface area contributed by atoms with Crippen molar-refractivity contribution in [2.45, 2.75) is 24.3 Å². The first-order valence-electron chi connectivity index (χ1n) is 8.73. The zero-order chi connectivity index (χ0) is 21.8. The number of hydrogen-bond acceptors (Lipinski definition) is 8.